The maximum atomic E-state index is 12.7. The van der Waals surface area contributed by atoms with E-state index < -0.39 is 0 Å². The summed E-state index contributed by atoms with van der Waals surface area (Å²) in [4.78, 5) is 11.7. The third-order valence-corrected chi connectivity index (χ3v) is 2.86. The Balaban J connectivity index is 1.78. The minimum absolute atomic E-state index is 0.183. The highest BCUT2D eigenvalue weighted by Crippen LogP contribution is 2.23. The van der Waals surface area contributed by atoms with Gasteiger partial charge >= 0.3 is 0 Å². The van der Waals surface area contributed by atoms with Crippen molar-refractivity contribution in [2.45, 2.75) is 6.42 Å². The SMILES string of the molecule is O=C(CCOc1ccccc1Cl)Nc1ccc(F)cc1. The van der Waals surface area contributed by atoms with Crippen LogP contribution in [0.25, 0.3) is 0 Å². The fraction of sp³-hybridized carbons (Fsp3) is 0.133. The van der Waals surface area contributed by atoms with Gasteiger partial charge in [-0.15, -0.1) is 0 Å². The first-order valence-electron chi connectivity index (χ1n) is 6.08. The van der Waals surface area contributed by atoms with Gasteiger partial charge < -0.3 is 10.1 Å². The van der Waals surface area contributed by atoms with E-state index in [9.17, 15) is 9.18 Å². The van der Waals surface area contributed by atoms with E-state index in [4.69, 9.17) is 16.3 Å². The number of rotatable bonds is 5. The second-order valence-corrected chi connectivity index (χ2v) is 4.49. The van der Waals surface area contributed by atoms with E-state index >= 15 is 0 Å². The van der Waals surface area contributed by atoms with Crippen LogP contribution in [0, 0.1) is 5.82 Å². The molecule has 104 valence electrons. The van der Waals surface area contributed by atoms with Crippen LogP contribution >= 0.6 is 11.6 Å². The fourth-order valence-electron chi connectivity index (χ4n) is 1.57. The molecule has 2 aromatic rings. The highest BCUT2D eigenvalue weighted by atomic mass is 35.5. The van der Waals surface area contributed by atoms with Gasteiger partial charge in [0.05, 0.1) is 18.1 Å². The molecule has 0 unspecified atom stereocenters. The van der Waals surface area contributed by atoms with Crippen LogP contribution in [-0.4, -0.2) is 12.5 Å². The molecular weight excluding hydrogens is 281 g/mol. The molecule has 0 aliphatic carbocycles. The molecule has 20 heavy (non-hydrogen) atoms. The van der Waals surface area contributed by atoms with Crippen molar-refractivity contribution in [2.75, 3.05) is 11.9 Å². The molecule has 0 spiro atoms. The van der Waals surface area contributed by atoms with Crippen molar-refractivity contribution in [2.24, 2.45) is 0 Å². The van der Waals surface area contributed by atoms with Gasteiger partial charge in [0, 0.05) is 5.69 Å². The standard InChI is InChI=1S/C15H13ClFNO2/c16-13-3-1-2-4-14(13)20-10-9-15(19)18-12-7-5-11(17)6-8-12/h1-8H,9-10H2,(H,18,19). The maximum Gasteiger partial charge on any atom is 0.227 e. The largest absolute Gasteiger partial charge is 0.491 e. The predicted octanol–water partition coefficient (Wildman–Crippen LogP) is 3.89. The summed E-state index contributed by atoms with van der Waals surface area (Å²) >= 11 is 5.92. The van der Waals surface area contributed by atoms with E-state index in [1.54, 1.807) is 24.3 Å². The third kappa shape index (κ3) is 4.24. The van der Waals surface area contributed by atoms with Crippen LogP contribution in [0.4, 0.5) is 10.1 Å². The minimum Gasteiger partial charge on any atom is -0.491 e. The summed E-state index contributed by atoms with van der Waals surface area (Å²) in [5, 5.41) is 3.16. The van der Waals surface area contributed by atoms with Crippen molar-refractivity contribution in [1.82, 2.24) is 0 Å². The summed E-state index contributed by atoms with van der Waals surface area (Å²) in [5.41, 5.74) is 0.550. The smallest absolute Gasteiger partial charge is 0.227 e. The lowest BCUT2D eigenvalue weighted by atomic mass is 10.3. The summed E-state index contributed by atoms with van der Waals surface area (Å²) in [5.74, 6) is -0.00235. The lowest BCUT2D eigenvalue weighted by Gasteiger charge is -2.08. The summed E-state index contributed by atoms with van der Waals surface area (Å²) < 4.78 is 18.1. The van der Waals surface area contributed by atoms with E-state index in [1.807, 2.05) is 0 Å². The molecule has 0 aliphatic rings. The van der Waals surface area contributed by atoms with E-state index in [0.29, 0.717) is 16.5 Å². The second kappa shape index (κ2) is 6.91. The molecule has 0 saturated carbocycles. The number of ether oxygens (including phenoxy) is 1. The normalized spacial score (nSPS) is 10.1. The highest BCUT2D eigenvalue weighted by molar-refractivity contribution is 6.32. The van der Waals surface area contributed by atoms with Gasteiger partial charge in [-0.05, 0) is 36.4 Å². The van der Waals surface area contributed by atoms with Crippen molar-refractivity contribution < 1.29 is 13.9 Å². The van der Waals surface area contributed by atoms with Crippen LogP contribution in [0.3, 0.4) is 0 Å². The first-order valence-corrected chi connectivity index (χ1v) is 6.46. The predicted molar refractivity (Wildman–Crippen MR) is 76.6 cm³/mol. The zero-order valence-electron chi connectivity index (χ0n) is 10.6. The fourth-order valence-corrected chi connectivity index (χ4v) is 1.76. The molecule has 2 rings (SSSR count). The first kappa shape index (κ1) is 14.3. The molecule has 0 atom stereocenters. The Morgan fingerprint density at radius 2 is 1.85 bits per heavy atom. The van der Waals surface area contributed by atoms with Gasteiger partial charge in [-0.1, -0.05) is 23.7 Å². The molecule has 3 nitrogen and oxygen atoms in total. The molecule has 2 aromatic carbocycles. The van der Waals surface area contributed by atoms with Crippen molar-refractivity contribution >= 4 is 23.2 Å². The molecular formula is C15H13ClFNO2. The van der Waals surface area contributed by atoms with E-state index in [-0.39, 0.29) is 24.8 Å². The van der Waals surface area contributed by atoms with Crippen LogP contribution in [0.2, 0.25) is 5.02 Å². The number of benzene rings is 2. The summed E-state index contributed by atoms with van der Waals surface area (Å²) in [6, 6.07) is 12.6. The lowest BCUT2D eigenvalue weighted by Crippen LogP contribution is -2.15. The van der Waals surface area contributed by atoms with Gasteiger partial charge in [0.25, 0.3) is 0 Å². The lowest BCUT2D eigenvalue weighted by molar-refractivity contribution is -0.116. The van der Waals surface area contributed by atoms with Crippen molar-refractivity contribution in [1.29, 1.82) is 0 Å². The Morgan fingerprint density at radius 1 is 1.15 bits per heavy atom. The Kier molecular flexibility index (Phi) is 4.96. The van der Waals surface area contributed by atoms with Gasteiger partial charge in [-0.3, -0.25) is 4.79 Å². The number of nitrogens with one attached hydrogen (secondary N) is 1. The first-order chi connectivity index (χ1) is 9.65. The maximum absolute atomic E-state index is 12.7. The molecule has 1 N–H and O–H groups in total. The van der Waals surface area contributed by atoms with Gasteiger partial charge in [-0.2, -0.15) is 0 Å². The quantitative estimate of drug-likeness (QED) is 0.908. The van der Waals surface area contributed by atoms with E-state index in [2.05, 4.69) is 5.32 Å². The molecule has 0 aliphatic heterocycles. The van der Waals surface area contributed by atoms with E-state index in [1.165, 1.54) is 24.3 Å². The Hall–Kier alpha value is -2.07. The monoisotopic (exact) mass is 293 g/mol. The number of carbonyl (C=O) groups excluding carboxylic acids is 1. The number of hydrogen-bond acceptors (Lipinski definition) is 2. The van der Waals surface area contributed by atoms with Crippen LogP contribution in [-0.2, 0) is 4.79 Å². The Bertz CT molecular complexity index is 587. The number of carbonyl (C=O) groups is 1. The van der Waals surface area contributed by atoms with Gasteiger partial charge in [-0.25, -0.2) is 4.39 Å². The van der Waals surface area contributed by atoms with Crippen molar-refractivity contribution in [3.63, 3.8) is 0 Å². The summed E-state index contributed by atoms with van der Waals surface area (Å²) in [6.45, 7) is 0.219. The van der Waals surface area contributed by atoms with Crippen molar-refractivity contribution in [3.8, 4) is 5.75 Å². The minimum atomic E-state index is -0.343. The number of para-hydroxylation sites is 1. The van der Waals surface area contributed by atoms with Gasteiger partial charge in [0.2, 0.25) is 5.91 Å². The highest BCUT2D eigenvalue weighted by Gasteiger charge is 2.04. The number of halogens is 2. The Morgan fingerprint density at radius 3 is 2.55 bits per heavy atom. The summed E-state index contributed by atoms with van der Waals surface area (Å²) in [7, 11) is 0. The molecule has 0 bridgehead atoms. The van der Waals surface area contributed by atoms with Crippen LogP contribution in [0.5, 0.6) is 5.75 Å². The number of hydrogen-bond donors (Lipinski definition) is 1. The average Bonchev–Trinajstić information content (AvgIpc) is 2.43. The molecule has 0 fully saturated rings. The topological polar surface area (TPSA) is 38.3 Å². The molecule has 0 aromatic heterocycles. The van der Waals surface area contributed by atoms with Gasteiger partial charge in [0.1, 0.15) is 11.6 Å². The van der Waals surface area contributed by atoms with Crippen molar-refractivity contribution in [3.05, 3.63) is 59.4 Å². The third-order valence-electron chi connectivity index (χ3n) is 2.55. The van der Waals surface area contributed by atoms with Gasteiger partial charge in [0.15, 0.2) is 0 Å². The Labute approximate surface area is 121 Å². The number of anilines is 1. The molecule has 5 heteroatoms. The van der Waals surface area contributed by atoms with Crippen LogP contribution in [0.1, 0.15) is 6.42 Å². The average molecular weight is 294 g/mol. The zero-order valence-corrected chi connectivity index (χ0v) is 11.4. The summed E-state index contributed by atoms with van der Waals surface area (Å²) in [6.07, 6.45) is 0.183. The second-order valence-electron chi connectivity index (χ2n) is 4.08. The molecule has 0 heterocycles. The van der Waals surface area contributed by atoms with E-state index in [0.717, 1.165) is 0 Å². The van der Waals surface area contributed by atoms with Crippen LogP contribution in [0.15, 0.2) is 48.5 Å². The zero-order chi connectivity index (χ0) is 14.4. The molecule has 1 amide bonds. The van der Waals surface area contributed by atoms with Crippen LogP contribution < -0.4 is 10.1 Å². The number of amides is 1. The molecule has 0 saturated heterocycles. The molecule has 0 radical (unpaired) electrons.